The average molecular weight is 338 g/mol. The molecule has 2 N–H and O–H groups in total. The second-order valence-electron chi connectivity index (χ2n) is 5.01. The van der Waals surface area contributed by atoms with Gasteiger partial charge in [-0.3, -0.25) is 9.59 Å². The van der Waals surface area contributed by atoms with Crippen LogP contribution in [0.15, 0.2) is 18.2 Å². The minimum atomic E-state index is -0.281. The molecule has 0 atom stereocenters. The summed E-state index contributed by atoms with van der Waals surface area (Å²) in [6.07, 6.45) is 0.997. The van der Waals surface area contributed by atoms with E-state index in [2.05, 4.69) is 10.6 Å². The average Bonchev–Trinajstić information content (AvgIpc) is 2.60. The van der Waals surface area contributed by atoms with Crippen molar-refractivity contribution in [1.29, 1.82) is 0 Å². The summed E-state index contributed by atoms with van der Waals surface area (Å²) in [6.45, 7) is 4.06. The molecule has 0 spiro atoms. The maximum atomic E-state index is 12.1. The zero-order chi connectivity index (χ0) is 17.8. The molecule has 0 radical (unpaired) electrons. The number of hydrogen-bond acceptors (Lipinski definition) is 5. The van der Waals surface area contributed by atoms with E-state index in [1.165, 1.54) is 14.2 Å². The van der Waals surface area contributed by atoms with Gasteiger partial charge in [0.25, 0.3) is 5.91 Å². The number of amides is 2. The van der Waals surface area contributed by atoms with Gasteiger partial charge in [-0.2, -0.15) is 0 Å². The Kier molecular flexibility index (Phi) is 9.29. The fraction of sp³-hybridized carbons (Fsp3) is 0.529. The van der Waals surface area contributed by atoms with Crippen LogP contribution >= 0.6 is 0 Å². The minimum Gasteiger partial charge on any atom is -0.497 e. The summed E-state index contributed by atoms with van der Waals surface area (Å²) in [5.41, 5.74) is 0.420. The summed E-state index contributed by atoms with van der Waals surface area (Å²) in [7, 11) is 3.04. The monoisotopic (exact) mass is 338 g/mol. The Morgan fingerprint density at radius 2 is 1.67 bits per heavy atom. The number of nitrogens with one attached hydrogen (secondary N) is 2. The fourth-order valence-electron chi connectivity index (χ4n) is 1.96. The first-order valence-corrected chi connectivity index (χ1v) is 7.96. The van der Waals surface area contributed by atoms with E-state index >= 15 is 0 Å². The van der Waals surface area contributed by atoms with Crippen LogP contribution in [-0.4, -0.2) is 52.3 Å². The van der Waals surface area contributed by atoms with Crippen molar-refractivity contribution in [1.82, 2.24) is 10.6 Å². The summed E-state index contributed by atoms with van der Waals surface area (Å²) in [5.74, 6) is 0.685. The first kappa shape index (κ1) is 19.8. The van der Waals surface area contributed by atoms with E-state index < -0.39 is 0 Å². The molecule has 7 heteroatoms. The van der Waals surface area contributed by atoms with Crippen molar-refractivity contribution in [3.8, 4) is 11.5 Å². The van der Waals surface area contributed by atoms with Crippen LogP contribution in [0, 0.1) is 0 Å². The summed E-state index contributed by atoms with van der Waals surface area (Å²) < 4.78 is 15.4. The molecule has 134 valence electrons. The highest BCUT2D eigenvalue weighted by Crippen LogP contribution is 2.22. The van der Waals surface area contributed by atoms with Crippen LogP contribution in [0.1, 0.15) is 30.1 Å². The van der Waals surface area contributed by atoms with E-state index in [1.807, 2.05) is 6.92 Å². The quantitative estimate of drug-likeness (QED) is 0.595. The zero-order valence-electron chi connectivity index (χ0n) is 14.5. The molecule has 1 aromatic carbocycles. The van der Waals surface area contributed by atoms with Gasteiger partial charge in [0, 0.05) is 44.4 Å². The largest absolute Gasteiger partial charge is 0.497 e. The van der Waals surface area contributed by atoms with Crippen LogP contribution in [0.5, 0.6) is 11.5 Å². The Labute approximate surface area is 142 Å². The van der Waals surface area contributed by atoms with Crippen LogP contribution in [0.4, 0.5) is 0 Å². The lowest BCUT2D eigenvalue weighted by Gasteiger charge is -2.09. The SMILES string of the molecule is CCOCCCNC(=O)CCNC(=O)c1cc(OC)cc(OC)c1. The minimum absolute atomic E-state index is 0.102. The fourth-order valence-corrected chi connectivity index (χ4v) is 1.96. The third kappa shape index (κ3) is 7.32. The molecular weight excluding hydrogens is 312 g/mol. The number of rotatable bonds is 11. The van der Waals surface area contributed by atoms with E-state index in [-0.39, 0.29) is 24.8 Å². The Hall–Kier alpha value is -2.28. The van der Waals surface area contributed by atoms with Gasteiger partial charge in [-0.25, -0.2) is 0 Å². The third-order valence-corrected chi connectivity index (χ3v) is 3.24. The van der Waals surface area contributed by atoms with Gasteiger partial charge < -0.3 is 24.8 Å². The molecule has 0 saturated heterocycles. The topological polar surface area (TPSA) is 85.9 Å². The molecule has 2 amide bonds. The van der Waals surface area contributed by atoms with Gasteiger partial charge in [-0.15, -0.1) is 0 Å². The normalized spacial score (nSPS) is 10.1. The van der Waals surface area contributed by atoms with Crippen molar-refractivity contribution >= 4 is 11.8 Å². The number of carbonyl (C=O) groups excluding carboxylic acids is 2. The molecule has 7 nitrogen and oxygen atoms in total. The Bertz CT molecular complexity index is 511. The van der Waals surface area contributed by atoms with Crippen LogP contribution in [0.3, 0.4) is 0 Å². The summed E-state index contributed by atoms with van der Waals surface area (Å²) in [5, 5.41) is 5.49. The number of benzene rings is 1. The predicted molar refractivity (Wildman–Crippen MR) is 90.6 cm³/mol. The van der Waals surface area contributed by atoms with Crippen molar-refractivity contribution in [2.45, 2.75) is 19.8 Å². The lowest BCUT2D eigenvalue weighted by atomic mass is 10.2. The van der Waals surface area contributed by atoms with Crippen molar-refractivity contribution < 1.29 is 23.8 Å². The van der Waals surface area contributed by atoms with Gasteiger partial charge in [0.05, 0.1) is 14.2 Å². The molecule has 0 saturated carbocycles. The highest BCUT2D eigenvalue weighted by molar-refractivity contribution is 5.95. The molecule has 24 heavy (non-hydrogen) atoms. The second-order valence-corrected chi connectivity index (χ2v) is 5.01. The van der Waals surface area contributed by atoms with Crippen LogP contribution in [-0.2, 0) is 9.53 Å². The Morgan fingerprint density at radius 1 is 1.00 bits per heavy atom. The van der Waals surface area contributed by atoms with Gasteiger partial charge in [0.1, 0.15) is 11.5 Å². The molecule has 0 aromatic heterocycles. The lowest BCUT2D eigenvalue weighted by Crippen LogP contribution is -2.31. The zero-order valence-corrected chi connectivity index (χ0v) is 14.5. The van der Waals surface area contributed by atoms with Crippen molar-refractivity contribution in [2.24, 2.45) is 0 Å². The molecule has 1 rings (SSSR count). The number of carbonyl (C=O) groups is 2. The highest BCUT2D eigenvalue weighted by Gasteiger charge is 2.10. The van der Waals surface area contributed by atoms with Crippen LogP contribution < -0.4 is 20.1 Å². The molecule has 0 unspecified atom stereocenters. The molecule has 0 aliphatic carbocycles. The van der Waals surface area contributed by atoms with Gasteiger partial charge in [0.2, 0.25) is 5.91 Å². The summed E-state index contributed by atoms with van der Waals surface area (Å²) in [6, 6.07) is 4.92. The van der Waals surface area contributed by atoms with Gasteiger partial charge in [-0.05, 0) is 25.5 Å². The van der Waals surface area contributed by atoms with Crippen molar-refractivity contribution in [3.63, 3.8) is 0 Å². The third-order valence-electron chi connectivity index (χ3n) is 3.24. The molecule has 0 heterocycles. The molecule has 1 aromatic rings. The van der Waals surface area contributed by atoms with Crippen molar-refractivity contribution in [2.75, 3.05) is 40.5 Å². The second kappa shape index (κ2) is 11.3. The van der Waals surface area contributed by atoms with E-state index in [4.69, 9.17) is 14.2 Å². The smallest absolute Gasteiger partial charge is 0.251 e. The maximum Gasteiger partial charge on any atom is 0.251 e. The molecule has 0 bridgehead atoms. The number of ether oxygens (including phenoxy) is 3. The Balaban J connectivity index is 2.34. The molecule has 0 fully saturated rings. The number of hydrogen-bond donors (Lipinski definition) is 2. The highest BCUT2D eigenvalue weighted by atomic mass is 16.5. The van der Waals surface area contributed by atoms with Gasteiger partial charge in [0.15, 0.2) is 0 Å². The summed E-state index contributed by atoms with van der Waals surface area (Å²) in [4.78, 5) is 23.8. The standard InChI is InChI=1S/C17H26N2O5/c1-4-24-9-5-7-18-16(20)6-8-19-17(21)13-10-14(22-2)12-15(11-13)23-3/h10-12H,4-9H2,1-3H3,(H,18,20)(H,19,21). The maximum absolute atomic E-state index is 12.1. The first-order valence-electron chi connectivity index (χ1n) is 7.96. The van der Waals surface area contributed by atoms with Crippen LogP contribution in [0.25, 0.3) is 0 Å². The van der Waals surface area contributed by atoms with E-state index in [0.29, 0.717) is 36.8 Å². The number of methoxy groups -OCH3 is 2. The molecular formula is C17H26N2O5. The van der Waals surface area contributed by atoms with Crippen LogP contribution in [0.2, 0.25) is 0 Å². The Morgan fingerprint density at radius 3 is 2.25 bits per heavy atom. The lowest BCUT2D eigenvalue weighted by molar-refractivity contribution is -0.120. The van der Waals surface area contributed by atoms with E-state index in [1.54, 1.807) is 18.2 Å². The molecule has 0 aliphatic heterocycles. The van der Waals surface area contributed by atoms with E-state index in [0.717, 1.165) is 6.42 Å². The van der Waals surface area contributed by atoms with E-state index in [9.17, 15) is 9.59 Å². The summed E-state index contributed by atoms with van der Waals surface area (Å²) >= 11 is 0. The first-order chi connectivity index (χ1) is 11.6. The molecule has 0 aliphatic rings. The van der Waals surface area contributed by atoms with Gasteiger partial charge >= 0.3 is 0 Å². The predicted octanol–water partition coefficient (Wildman–Crippen LogP) is 1.37. The van der Waals surface area contributed by atoms with Gasteiger partial charge in [-0.1, -0.05) is 0 Å². The van der Waals surface area contributed by atoms with Crippen molar-refractivity contribution in [3.05, 3.63) is 23.8 Å².